The van der Waals surface area contributed by atoms with Gasteiger partial charge in [-0.1, -0.05) is 18.5 Å². The molecule has 2 heterocycles. The summed E-state index contributed by atoms with van der Waals surface area (Å²) in [5.41, 5.74) is 0.422. The quantitative estimate of drug-likeness (QED) is 0.857. The van der Waals surface area contributed by atoms with Gasteiger partial charge >= 0.3 is 0 Å². The zero-order valence-electron chi connectivity index (χ0n) is 11.8. The molecular weight excluding hydrogens is 276 g/mol. The molecule has 1 saturated heterocycles. The number of likely N-dealkylation sites (tertiary alicyclic amines) is 1. The number of carbonyl (C=O) groups is 1. The molecule has 20 heavy (non-hydrogen) atoms. The second kappa shape index (κ2) is 7.60. The third kappa shape index (κ3) is 4.18. The van der Waals surface area contributed by atoms with E-state index in [1.54, 1.807) is 18.3 Å². The maximum absolute atomic E-state index is 12.4. The average molecular weight is 297 g/mol. The molecule has 0 bridgehead atoms. The van der Waals surface area contributed by atoms with Crippen LogP contribution in [-0.4, -0.2) is 41.6 Å². The van der Waals surface area contributed by atoms with Crippen LogP contribution in [-0.2, 0) is 4.74 Å². The molecule has 0 aliphatic carbocycles. The highest BCUT2D eigenvalue weighted by Gasteiger charge is 2.22. The predicted molar refractivity (Wildman–Crippen MR) is 79.0 cm³/mol. The van der Waals surface area contributed by atoms with Gasteiger partial charge in [0.15, 0.2) is 0 Å². The van der Waals surface area contributed by atoms with E-state index in [1.165, 1.54) is 0 Å². The van der Waals surface area contributed by atoms with E-state index in [2.05, 4.69) is 11.9 Å². The Bertz CT molecular complexity index is 453. The van der Waals surface area contributed by atoms with Crippen LogP contribution in [0.3, 0.4) is 0 Å². The van der Waals surface area contributed by atoms with Crippen molar-refractivity contribution in [2.24, 2.45) is 0 Å². The molecule has 1 aliphatic rings. The van der Waals surface area contributed by atoms with E-state index in [0.717, 1.165) is 45.4 Å². The Hall–Kier alpha value is -1.13. The van der Waals surface area contributed by atoms with E-state index in [4.69, 9.17) is 16.3 Å². The minimum Gasteiger partial charge on any atom is -0.378 e. The van der Waals surface area contributed by atoms with Crippen LogP contribution in [0, 0.1) is 0 Å². The van der Waals surface area contributed by atoms with Gasteiger partial charge in [0.1, 0.15) is 5.69 Å². The number of pyridine rings is 1. The van der Waals surface area contributed by atoms with Crippen molar-refractivity contribution in [2.75, 3.05) is 19.7 Å². The largest absolute Gasteiger partial charge is 0.378 e. The van der Waals surface area contributed by atoms with Gasteiger partial charge in [0.05, 0.1) is 6.10 Å². The molecule has 110 valence electrons. The molecule has 1 aromatic heterocycles. The van der Waals surface area contributed by atoms with E-state index in [0.29, 0.717) is 10.7 Å². The number of nitrogens with zero attached hydrogens (tertiary/aromatic N) is 2. The molecule has 0 aromatic carbocycles. The zero-order valence-corrected chi connectivity index (χ0v) is 12.6. The number of aromatic nitrogens is 1. The van der Waals surface area contributed by atoms with E-state index < -0.39 is 0 Å². The second-order valence-corrected chi connectivity index (χ2v) is 5.51. The third-order valence-electron chi connectivity index (χ3n) is 3.46. The molecular formula is C15H21ClN2O2. The normalized spacial score (nSPS) is 19.7. The Balaban J connectivity index is 1.94. The maximum Gasteiger partial charge on any atom is 0.272 e. The Morgan fingerprint density at radius 3 is 3.10 bits per heavy atom. The summed E-state index contributed by atoms with van der Waals surface area (Å²) >= 11 is 5.91. The molecule has 1 atom stereocenters. The van der Waals surface area contributed by atoms with Crippen LogP contribution >= 0.6 is 11.6 Å². The number of amides is 1. The first-order valence-electron chi connectivity index (χ1n) is 7.23. The van der Waals surface area contributed by atoms with Crippen molar-refractivity contribution in [3.05, 3.63) is 29.0 Å². The fourth-order valence-electron chi connectivity index (χ4n) is 2.40. The molecule has 4 nitrogen and oxygen atoms in total. The molecule has 0 radical (unpaired) electrons. The minimum atomic E-state index is -0.0383. The van der Waals surface area contributed by atoms with Crippen molar-refractivity contribution in [2.45, 2.75) is 38.7 Å². The van der Waals surface area contributed by atoms with Crippen LogP contribution < -0.4 is 0 Å². The molecule has 1 unspecified atom stereocenters. The Morgan fingerprint density at radius 1 is 1.50 bits per heavy atom. The van der Waals surface area contributed by atoms with Gasteiger partial charge in [-0.2, -0.15) is 0 Å². The lowest BCUT2D eigenvalue weighted by Gasteiger charge is -2.20. The molecule has 5 heteroatoms. The molecule has 0 spiro atoms. The summed E-state index contributed by atoms with van der Waals surface area (Å²) in [6, 6.07) is 3.30. The smallest absolute Gasteiger partial charge is 0.272 e. The summed E-state index contributed by atoms with van der Waals surface area (Å²) in [5, 5.41) is 0.544. The molecule has 1 amide bonds. The van der Waals surface area contributed by atoms with Crippen molar-refractivity contribution in [3.8, 4) is 0 Å². The number of hydrogen-bond donors (Lipinski definition) is 0. The van der Waals surface area contributed by atoms with Crippen LogP contribution in [0.15, 0.2) is 18.3 Å². The van der Waals surface area contributed by atoms with Crippen molar-refractivity contribution in [1.29, 1.82) is 0 Å². The number of halogens is 1. The summed E-state index contributed by atoms with van der Waals surface area (Å²) in [4.78, 5) is 18.4. The van der Waals surface area contributed by atoms with Crippen molar-refractivity contribution in [1.82, 2.24) is 9.88 Å². The SMILES string of the molecule is CCCOC1CCCN(C(=O)c2cc(Cl)ccn2)CC1. The van der Waals surface area contributed by atoms with E-state index in [9.17, 15) is 4.79 Å². The summed E-state index contributed by atoms with van der Waals surface area (Å²) in [7, 11) is 0. The summed E-state index contributed by atoms with van der Waals surface area (Å²) in [6.07, 6.45) is 5.77. The van der Waals surface area contributed by atoms with Crippen molar-refractivity contribution < 1.29 is 9.53 Å². The van der Waals surface area contributed by atoms with Crippen LogP contribution in [0.1, 0.15) is 43.1 Å². The lowest BCUT2D eigenvalue weighted by atomic mass is 10.2. The van der Waals surface area contributed by atoms with E-state index in [1.807, 2.05) is 4.90 Å². The fraction of sp³-hybridized carbons (Fsp3) is 0.600. The van der Waals surface area contributed by atoms with Gasteiger partial charge in [-0.05, 0) is 37.8 Å². The van der Waals surface area contributed by atoms with E-state index >= 15 is 0 Å². The summed E-state index contributed by atoms with van der Waals surface area (Å²) < 4.78 is 5.79. The lowest BCUT2D eigenvalue weighted by molar-refractivity contribution is 0.0432. The monoisotopic (exact) mass is 296 g/mol. The summed E-state index contributed by atoms with van der Waals surface area (Å²) in [5.74, 6) is -0.0383. The standard InChI is InChI=1S/C15H21ClN2O2/c1-2-10-20-13-4-3-8-18(9-6-13)15(19)14-11-12(16)5-7-17-14/h5,7,11,13H,2-4,6,8-10H2,1H3. The molecule has 2 rings (SSSR count). The highest BCUT2D eigenvalue weighted by molar-refractivity contribution is 6.30. The number of rotatable bonds is 4. The lowest BCUT2D eigenvalue weighted by Crippen LogP contribution is -2.32. The molecule has 0 saturated carbocycles. The van der Waals surface area contributed by atoms with Gasteiger partial charge < -0.3 is 9.64 Å². The first kappa shape index (κ1) is 15.3. The van der Waals surface area contributed by atoms with Crippen LogP contribution in [0.2, 0.25) is 5.02 Å². The molecule has 0 N–H and O–H groups in total. The summed E-state index contributed by atoms with van der Waals surface area (Å²) in [6.45, 7) is 4.40. The van der Waals surface area contributed by atoms with Gasteiger partial charge in [0, 0.05) is 30.9 Å². The highest BCUT2D eigenvalue weighted by atomic mass is 35.5. The fourth-order valence-corrected chi connectivity index (χ4v) is 2.56. The van der Waals surface area contributed by atoms with Gasteiger partial charge in [-0.15, -0.1) is 0 Å². The zero-order chi connectivity index (χ0) is 14.4. The highest BCUT2D eigenvalue weighted by Crippen LogP contribution is 2.17. The number of hydrogen-bond acceptors (Lipinski definition) is 3. The van der Waals surface area contributed by atoms with Crippen LogP contribution in [0.25, 0.3) is 0 Å². The number of carbonyl (C=O) groups excluding carboxylic acids is 1. The molecule has 1 fully saturated rings. The maximum atomic E-state index is 12.4. The van der Waals surface area contributed by atoms with Gasteiger partial charge in [-0.3, -0.25) is 9.78 Å². The van der Waals surface area contributed by atoms with Gasteiger partial charge in [-0.25, -0.2) is 0 Å². The first-order chi connectivity index (χ1) is 9.70. The Kier molecular flexibility index (Phi) is 5.80. The predicted octanol–water partition coefficient (Wildman–Crippen LogP) is 3.16. The average Bonchev–Trinajstić information content (AvgIpc) is 2.70. The first-order valence-corrected chi connectivity index (χ1v) is 7.61. The van der Waals surface area contributed by atoms with Crippen molar-refractivity contribution >= 4 is 17.5 Å². The topological polar surface area (TPSA) is 42.4 Å². The van der Waals surface area contributed by atoms with Crippen LogP contribution in [0.5, 0.6) is 0 Å². The molecule has 1 aromatic rings. The van der Waals surface area contributed by atoms with Gasteiger partial charge in [0.2, 0.25) is 0 Å². The molecule has 1 aliphatic heterocycles. The minimum absolute atomic E-state index is 0.0383. The van der Waals surface area contributed by atoms with E-state index in [-0.39, 0.29) is 12.0 Å². The van der Waals surface area contributed by atoms with Crippen molar-refractivity contribution in [3.63, 3.8) is 0 Å². The second-order valence-electron chi connectivity index (χ2n) is 5.08. The number of ether oxygens (including phenoxy) is 1. The third-order valence-corrected chi connectivity index (χ3v) is 3.70. The Labute approximate surface area is 125 Å². The Morgan fingerprint density at radius 2 is 2.35 bits per heavy atom. The van der Waals surface area contributed by atoms with Crippen LogP contribution in [0.4, 0.5) is 0 Å². The van der Waals surface area contributed by atoms with Gasteiger partial charge in [0.25, 0.3) is 5.91 Å².